The van der Waals surface area contributed by atoms with Crippen LogP contribution < -0.4 is 14.8 Å². The van der Waals surface area contributed by atoms with Crippen molar-refractivity contribution in [3.63, 3.8) is 0 Å². The summed E-state index contributed by atoms with van der Waals surface area (Å²) in [6, 6.07) is 1.66. The second kappa shape index (κ2) is 6.26. The molecule has 1 aromatic carbocycles. The van der Waals surface area contributed by atoms with E-state index in [1.807, 2.05) is 0 Å². The van der Waals surface area contributed by atoms with Gasteiger partial charge in [-0.15, -0.1) is 0 Å². The molecule has 0 saturated carbocycles. The molecule has 104 valence electrons. The molecule has 1 aliphatic rings. The van der Waals surface area contributed by atoms with E-state index in [1.165, 1.54) is 7.11 Å². The van der Waals surface area contributed by atoms with E-state index in [1.54, 1.807) is 13.2 Å². The van der Waals surface area contributed by atoms with Gasteiger partial charge in [-0.1, -0.05) is 11.6 Å². The van der Waals surface area contributed by atoms with Crippen LogP contribution in [0.15, 0.2) is 6.07 Å². The summed E-state index contributed by atoms with van der Waals surface area (Å²) < 4.78 is 10.8. The first-order valence-electron chi connectivity index (χ1n) is 6.33. The summed E-state index contributed by atoms with van der Waals surface area (Å²) >= 11 is 6.34. The molecular weight excluding hydrogens is 266 g/mol. The summed E-state index contributed by atoms with van der Waals surface area (Å²) in [6.45, 7) is 1.92. The van der Waals surface area contributed by atoms with Crippen molar-refractivity contribution >= 4 is 17.9 Å². The molecule has 0 aromatic heterocycles. The van der Waals surface area contributed by atoms with Gasteiger partial charge >= 0.3 is 0 Å². The van der Waals surface area contributed by atoms with E-state index in [4.69, 9.17) is 21.1 Å². The fraction of sp³-hybridized carbons (Fsp3) is 0.500. The summed E-state index contributed by atoms with van der Waals surface area (Å²) in [5, 5.41) is 3.90. The normalized spacial score (nSPS) is 16.2. The molecular formula is C14H18ClNO3. The van der Waals surface area contributed by atoms with Gasteiger partial charge in [0.15, 0.2) is 17.8 Å². The Bertz CT molecular complexity index is 470. The molecule has 19 heavy (non-hydrogen) atoms. The van der Waals surface area contributed by atoms with Crippen molar-refractivity contribution in [1.29, 1.82) is 0 Å². The molecule has 1 saturated heterocycles. The minimum Gasteiger partial charge on any atom is -0.492 e. The van der Waals surface area contributed by atoms with E-state index in [-0.39, 0.29) is 0 Å². The van der Waals surface area contributed by atoms with Crippen LogP contribution in [0.2, 0.25) is 5.02 Å². The lowest BCUT2D eigenvalue weighted by atomic mass is 9.88. The average Bonchev–Trinajstić information content (AvgIpc) is 2.46. The summed E-state index contributed by atoms with van der Waals surface area (Å²) in [7, 11) is 3.11. The zero-order valence-corrected chi connectivity index (χ0v) is 11.9. The molecule has 1 heterocycles. The first kappa shape index (κ1) is 14.2. The number of piperidine rings is 1. The molecule has 1 aromatic rings. The van der Waals surface area contributed by atoms with Gasteiger partial charge in [0.05, 0.1) is 19.8 Å². The number of carbonyl (C=O) groups is 1. The van der Waals surface area contributed by atoms with Crippen molar-refractivity contribution in [1.82, 2.24) is 5.32 Å². The van der Waals surface area contributed by atoms with Crippen LogP contribution in [0.4, 0.5) is 0 Å². The standard InChI is InChI=1S/C14H18ClNO3/c1-18-13-10(8-17)7-11(15)12(14(13)19-2)9-3-5-16-6-4-9/h7-9,16H,3-6H2,1-2H3. The number of methoxy groups -OCH3 is 2. The second-order valence-electron chi connectivity index (χ2n) is 4.57. The maximum Gasteiger partial charge on any atom is 0.171 e. The number of aldehydes is 1. The van der Waals surface area contributed by atoms with Gasteiger partial charge in [-0.2, -0.15) is 0 Å². The van der Waals surface area contributed by atoms with Crippen LogP contribution in [0.5, 0.6) is 11.5 Å². The molecule has 0 bridgehead atoms. The lowest BCUT2D eigenvalue weighted by Crippen LogP contribution is -2.27. The van der Waals surface area contributed by atoms with Gasteiger partial charge in [0.1, 0.15) is 0 Å². The monoisotopic (exact) mass is 283 g/mol. The zero-order chi connectivity index (χ0) is 13.8. The van der Waals surface area contributed by atoms with E-state index in [9.17, 15) is 4.79 Å². The lowest BCUT2D eigenvalue weighted by Gasteiger charge is -2.26. The number of halogens is 1. The Kier molecular flexibility index (Phi) is 4.66. The number of hydrogen-bond acceptors (Lipinski definition) is 4. The van der Waals surface area contributed by atoms with E-state index in [0.29, 0.717) is 28.0 Å². The zero-order valence-electron chi connectivity index (χ0n) is 11.2. The maximum absolute atomic E-state index is 11.1. The molecule has 0 radical (unpaired) electrons. The molecule has 4 nitrogen and oxygen atoms in total. The highest BCUT2D eigenvalue weighted by atomic mass is 35.5. The fourth-order valence-corrected chi connectivity index (χ4v) is 2.99. The predicted molar refractivity (Wildman–Crippen MR) is 74.8 cm³/mol. The Hall–Kier alpha value is -1.26. The van der Waals surface area contributed by atoms with E-state index in [2.05, 4.69) is 5.32 Å². The quantitative estimate of drug-likeness (QED) is 0.863. The third kappa shape index (κ3) is 2.69. The fourth-order valence-electron chi connectivity index (χ4n) is 2.63. The number of hydrogen-bond donors (Lipinski definition) is 1. The summed E-state index contributed by atoms with van der Waals surface area (Å²) in [4.78, 5) is 11.1. The predicted octanol–water partition coefficient (Wildman–Crippen LogP) is 2.64. The molecule has 1 fully saturated rings. The van der Waals surface area contributed by atoms with E-state index >= 15 is 0 Å². The van der Waals surface area contributed by atoms with Gasteiger partial charge in [0.25, 0.3) is 0 Å². The highest BCUT2D eigenvalue weighted by molar-refractivity contribution is 6.32. The van der Waals surface area contributed by atoms with Crippen LogP contribution >= 0.6 is 11.6 Å². The average molecular weight is 284 g/mol. The number of ether oxygens (including phenoxy) is 2. The van der Waals surface area contributed by atoms with E-state index in [0.717, 1.165) is 37.8 Å². The maximum atomic E-state index is 11.1. The van der Waals surface area contributed by atoms with Gasteiger partial charge < -0.3 is 14.8 Å². The molecule has 0 unspecified atom stereocenters. The minimum atomic E-state index is 0.332. The van der Waals surface area contributed by atoms with Crippen LogP contribution in [-0.4, -0.2) is 33.6 Å². The first-order valence-corrected chi connectivity index (χ1v) is 6.71. The largest absolute Gasteiger partial charge is 0.492 e. The molecule has 0 atom stereocenters. The summed E-state index contributed by atoms with van der Waals surface area (Å²) in [5.41, 5.74) is 1.37. The third-order valence-electron chi connectivity index (χ3n) is 3.54. The van der Waals surface area contributed by atoms with Crippen molar-refractivity contribution in [3.05, 3.63) is 22.2 Å². The van der Waals surface area contributed by atoms with Gasteiger partial charge in [0, 0.05) is 10.6 Å². The Labute approximate surface area is 118 Å². The molecule has 2 rings (SSSR count). The number of rotatable bonds is 4. The Balaban J connectivity index is 2.54. The van der Waals surface area contributed by atoms with Crippen LogP contribution in [0.3, 0.4) is 0 Å². The van der Waals surface area contributed by atoms with Gasteiger partial charge in [-0.3, -0.25) is 4.79 Å². The highest BCUT2D eigenvalue weighted by Crippen LogP contribution is 2.44. The van der Waals surface area contributed by atoms with Gasteiger partial charge in [-0.05, 0) is 37.9 Å². The minimum absolute atomic E-state index is 0.332. The second-order valence-corrected chi connectivity index (χ2v) is 4.98. The van der Waals surface area contributed by atoms with E-state index < -0.39 is 0 Å². The number of carbonyl (C=O) groups excluding carboxylic acids is 1. The molecule has 1 N–H and O–H groups in total. The van der Waals surface area contributed by atoms with Crippen LogP contribution in [0, 0.1) is 0 Å². The Morgan fingerprint density at radius 1 is 1.26 bits per heavy atom. The Morgan fingerprint density at radius 2 is 1.89 bits per heavy atom. The first-order chi connectivity index (χ1) is 9.22. The SMILES string of the molecule is COc1c(C=O)cc(Cl)c(C2CCNCC2)c1OC. The number of nitrogens with one attached hydrogen (secondary N) is 1. The molecule has 0 amide bonds. The van der Waals surface area contributed by atoms with Crippen molar-refractivity contribution < 1.29 is 14.3 Å². The molecule has 0 spiro atoms. The summed E-state index contributed by atoms with van der Waals surface area (Å²) in [6.07, 6.45) is 2.73. The molecule has 0 aliphatic carbocycles. The highest BCUT2D eigenvalue weighted by Gasteiger charge is 2.26. The van der Waals surface area contributed by atoms with Crippen molar-refractivity contribution in [2.75, 3.05) is 27.3 Å². The molecule has 5 heteroatoms. The van der Waals surface area contributed by atoms with Crippen LogP contribution in [-0.2, 0) is 0 Å². The number of benzene rings is 1. The van der Waals surface area contributed by atoms with Gasteiger partial charge in [0.2, 0.25) is 0 Å². The van der Waals surface area contributed by atoms with Crippen molar-refractivity contribution in [2.45, 2.75) is 18.8 Å². The van der Waals surface area contributed by atoms with Crippen LogP contribution in [0.1, 0.15) is 34.7 Å². The smallest absolute Gasteiger partial charge is 0.171 e. The topological polar surface area (TPSA) is 47.6 Å². The lowest BCUT2D eigenvalue weighted by molar-refractivity contribution is 0.112. The summed E-state index contributed by atoms with van der Waals surface area (Å²) in [5.74, 6) is 1.39. The van der Waals surface area contributed by atoms with Gasteiger partial charge in [-0.25, -0.2) is 0 Å². The Morgan fingerprint density at radius 3 is 2.42 bits per heavy atom. The third-order valence-corrected chi connectivity index (χ3v) is 3.85. The van der Waals surface area contributed by atoms with Crippen molar-refractivity contribution in [3.8, 4) is 11.5 Å². The van der Waals surface area contributed by atoms with Crippen molar-refractivity contribution in [2.24, 2.45) is 0 Å². The van der Waals surface area contributed by atoms with Crippen LogP contribution in [0.25, 0.3) is 0 Å². The molecule has 1 aliphatic heterocycles.